The number of hydrogen-bond acceptors (Lipinski definition) is 3. The second-order valence-corrected chi connectivity index (χ2v) is 5.28. The van der Waals surface area contributed by atoms with E-state index in [1.807, 2.05) is 11.8 Å². The van der Waals surface area contributed by atoms with Crippen molar-refractivity contribution in [1.82, 2.24) is 4.90 Å². The van der Waals surface area contributed by atoms with Gasteiger partial charge in [0.1, 0.15) is 12.4 Å². The first-order valence-corrected chi connectivity index (χ1v) is 7.14. The SMILES string of the molecule is O=C(c1ccc(F)cc1C#CCO)N1CCSCC1. The van der Waals surface area contributed by atoms with Crippen LogP contribution in [0.3, 0.4) is 0 Å². The zero-order valence-electron chi connectivity index (χ0n) is 10.4. The Kier molecular flexibility index (Phi) is 4.83. The molecule has 0 spiro atoms. The normalized spacial score (nSPS) is 14.7. The Morgan fingerprint density at radius 3 is 2.84 bits per heavy atom. The molecule has 1 amide bonds. The number of thioether (sulfide) groups is 1. The highest BCUT2D eigenvalue weighted by Crippen LogP contribution is 2.16. The molecule has 1 aliphatic rings. The predicted octanol–water partition coefficient (Wildman–Crippen LogP) is 1.36. The van der Waals surface area contributed by atoms with Gasteiger partial charge in [-0.3, -0.25) is 4.79 Å². The Balaban J connectivity index is 2.29. The van der Waals surface area contributed by atoms with E-state index in [9.17, 15) is 9.18 Å². The molecule has 1 saturated heterocycles. The number of aliphatic hydroxyl groups is 1. The van der Waals surface area contributed by atoms with E-state index >= 15 is 0 Å². The Hall–Kier alpha value is -1.51. The third-order valence-corrected chi connectivity index (χ3v) is 3.75. The fraction of sp³-hybridized carbons (Fsp3) is 0.357. The lowest BCUT2D eigenvalue weighted by Gasteiger charge is -2.26. The molecule has 3 nitrogen and oxygen atoms in total. The maximum absolute atomic E-state index is 13.2. The van der Waals surface area contributed by atoms with E-state index in [0.29, 0.717) is 24.2 Å². The highest BCUT2D eigenvalue weighted by Gasteiger charge is 2.20. The summed E-state index contributed by atoms with van der Waals surface area (Å²) >= 11 is 1.82. The summed E-state index contributed by atoms with van der Waals surface area (Å²) in [5.41, 5.74) is 0.728. The molecule has 1 N–H and O–H groups in total. The van der Waals surface area contributed by atoms with Crippen LogP contribution < -0.4 is 0 Å². The molecule has 5 heteroatoms. The van der Waals surface area contributed by atoms with Gasteiger partial charge in [0.25, 0.3) is 5.91 Å². The Bertz CT molecular complexity index is 530. The first-order valence-electron chi connectivity index (χ1n) is 5.98. The molecule has 0 aliphatic carbocycles. The van der Waals surface area contributed by atoms with Gasteiger partial charge in [0.15, 0.2) is 0 Å². The Labute approximate surface area is 115 Å². The third kappa shape index (κ3) is 3.49. The molecule has 100 valence electrons. The van der Waals surface area contributed by atoms with Crippen LogP contribution >= 0.6 is 11.8 Å². The van der Waals surface area contributed by atoms with Gasteiger partial charge in [-0.05, 0) is 18.2 Å². The molecule has 0 atom stereocenters. The third-order valence-electron chi connectivity index (χ3n) is 2.81. The van der Waals surface area contributed by atoms with Gasteiger partial charge >= 0.3 is 0 Å². The van der Waals surface area contributed by atoms with Gasteiger partial charge in [-0.25, -0.2) is 4.39 Å². The number of aliphatic hydroxyl groups excluding tert-OH is 1. The first kappa shape index (κ1) is 13.9. The molecular formula is C14H14FNO2S. The topological polar surface area (TPSA) is 40.5 Å². The number of benzene rings is 1. The van der Waals surface area contributed by atoms with Crippen LogP contribution in [0.25, 0.3) is 0 Å². The predicted molar refractivity (Wildman–Crippen MR) is 73.6 cm³/mol. The number of hydrogen-bond donors (Lipinski definition) is 1. The fourth-order valence-electron chi connectivity index (χ4n) is 1.88. The van der Waals surface area contributed by atoms with Gasteiger partial charge in [0.05, 0.1) is 5.56 Å². The van der Waals surface area contributed by atoms with E-state index in [-0.39, 0.29) is 12.5 Å². The maximum Gasteiger partial charge on any atom is 0.255 e. The summed E-state index contributed by atoms with van der Waals surface area (Å²) in [6, 6.07) is 3.95. The summed E-state index contributed by atoms with van der Waals surface area (Å²) in [5, 5.41) is 8.71. The van der Waals surface area contributed by atoms with Crippen molar-refractivity contribution in [3.63, 3.8) is 0 Å². The zero-order valence-corrected chi connectivity index (χ0v) is 11.2. The second kappa shape index (κ2) is 6.60. The van der Waals surface area contributed by atoms with Crippen molar-refractivity contribution in [3.05, 3.63) is 35.1 Å². The number of carbonyl (C=O) groups is 1. The maximum atomic E-state index is 13.2. The number of amides is 1. The number of halogens is 1. The molecule has 1 aromatic rings. The Morgan fingerprint density at radius 1 is 1.42 bits per heavy atom. The van der Waals surface area contributed by atoms with E-state index in [0.717, 1.165) is 11.5 Å². The molecule has 0 bridgehead atoms. The molecule has 0 saturated carbocycles. The van der Waals surface area contributed by atoms with Gasteiger partial charge in [-0.2, -0.15) is 11.8 Å². The number of carbonyl (C=O) groups excluding carboxylic acids is 1. The summed E-state index contributed by atoms with van der Waals surface area (Å²) < 4.78 is 13.2. The molecule has 1 heterocycles. The lowest BCUT2D eigenvalue weighted by molar-refractivity contribution is 0.0772. The summed E-state index contributed by atoms with van der Waals surface area (Å²) in [7, 11) is 0. The molecule has 0 radical (unpaired) electrons. The zero-order chi connectivity index (χ0) is 13.7. The second-order valence-electron chi connectivity index (χ2n) is 4.05. The smallest absolute Gasteiger partial charge is 0.255 e. The van der Waals surface area contributed by atoms with E-state index in [4.69, 9.17) is 5.11 Å². The monoisotopic (exact) mass is 279 g/mol. The first-order chi connectivity index (χ1) is 9.22. The van der Waals surface area contributed by atoms with E-state index in [2.05, 4.69) is 11.8 Å². The van der Waals surface area contributed by atoms with Gasteiger partial charge in [-0.15, -0.1) is 0 Å². The van der Waals surface area contributed by atoms with Crippen LogP contribution in [0, 0.1) is 17.7 Å². The molecule has 1 fully saturated rings. The molecule has 0 unspecified atom stereocenters. The van der Waals surface area contributed by atoms with E-state index in [1.165, 1.54) is 18.2 Å². The largest absolute Gasteiger partial charge is 0.384 e. The quantitative estimate of drug-likeness (QED) is 0.789. The number of nitrogens with zero attached hydrogens (tertiary/aromatic N) is 1. The lowest BCUT2D eigenvalue weighted by atomic mass is 10.1. The van der Waals surface area contributed by atoms with Crippen molar-refractivity contribution in [1.29, 1.82) is 0 Å². The average Bonchev–Trinajstić information content (AvgIpc) is 2.45. The molecule has 19 heavy (non-hydrogen) atoms. The van der Waals surface area contributed by atoms with E-state index < -0.39 is 5.82 Å². The summed E-state index contributed by atoms with van der Waals surface area (Å²) in [6.45, 7) is 1.09. The summed E-state index contributed by atoms with van der Waals surface area (Å²) in [6.07, 6.45) is 0. The Morgan fingerprint density at radius 2 is 2.16 bits per heavy atom. The van der Waals surface area contributed by atoms with Crippen LogP contribution in [-0.4, -0.2) is 47.1 Å². The molecule has 2 rings (SSSR count). The van der Waals surface area contributed by atoms with Crippen LogP contribution in [0.4, 0.5) is 4.39 Å². The molecular weight excluding hydrogens is 265 g/mol. The minimum absolute atomic E-state index is 0.123. The van der Waals surface area contributed by atoms with Crippen LogP contribution in [0.2, 0.25) is 0 Å². The molecule has 1 aromatic carbocycles. The van der Waals surface area contributed by atoms with Gasteiger partial charge in [0.2, 0.25) is 0 Å². The summed E-state index contributed by atoms with van der Waals surface area (Å²) in [5.74, 6) is 6.37. The minimum Gasteiger partial charge on any atom is -0.384 e. The lowest BCUT2D eigenvalue weighted by Crippen LogP contribution is -2.38. The molecule has 0 aromatic heterocycles. The van der Waals surface area contributed by atoms with Crippen molar-refractivity contribution in [2.45, 2.75) is 0 Å². The molecule has 1 aliphatic heterocycles. The number of rotatable bonds is 1. The van der Waals surface area contributed by atoms with Gasteiger partial charge in [0, 0.05) is 30.2 Å². The van der Waals surface area contributed by atoms with Crippen molar-refractivity contribution in [3.8, 4) is 11.8 Å². The minimum atomic E-state index is -0.437. The standard InChI is InChI=1S/C14H14FNO2S/c15-12-3-4-13(11(10-12)2-1-7-17)14(18)16-5-8-19-9-6-16/h3-4,10,17H,5-9H2. The average molecular weight is 279 g/mol. The van der Waals surface area contributed by atoms with Gasteiger partial charge < -0.3 is 10.0 Å². The van der Waals surface area contributed by atoms with E-state index in [1.54, 1.807) is 4.90 Å². The van der Waals surface area contributed by atoms with Crippen LogP contribution in [0.1, 0.15) is 15.9 Å². The van der Waals surface area contributed by atoms with Gasteiger partial charge in [-0.1, -0.05) is 11.8 Å². The van der Waals surface area contributed by atoms with Crippen molar-refractivity contribution >= 4 is 17.7 Å². The highest BCUT2D eigenvalue weighted by molar-refractivity contribution is 7.99. The van der Waals surface area contributed by atoms with Crippen molar-refractivity contribution in [2.24, 2.45) is 0 Å². The summed E-state index contributed by atoms with van der Waals surface area (Å²) in [4.78, 5) is 14.1. The fourth-order valence-corrected chi connectivity index (χ4v) is 2.78. The van der Waals surface area contributed by atoms with Crippen molar-refractivity contribution < 1.29 is 14.3 Å². The van der Waals surface area contributed by atoms with Crippen LogP contribution in [-0.2, 0) is 0 Å². The van der Waals surface area contributed by atoms with Crippen molar-refractivity contribution in [2.75, 3.05) is 31.2 Å². The van der Waals surface area contributed by atoms with Crippen LogP contribution in [0.5, 0.6) is 0 Å². The van der Waals surface area contributed by atoms with Crippen LogP contribution in [0.15, 0.2) is 18.2 Å². The highest BCUT2D eigenvalue weighted by atomic mass is 32.2.